The van der Waals surface area contributed by atoms with Crippen molar-refractivity contribution < 1.29 is 33.4 Å². The van der Waals surface area contributed by atoms with E-state index in [9.17, 15) is 9.59 Å². The molecule has 4 rings (SSSR count). The molecule has 0 radical (unpaired) electrons. The standard InChI is InChI=1S/C29H31NO7/c1-33-23-14-10-20(11-15-23)25-18-19-29(27(31)35-3,28(32)36-4)26(21-8-6-5-7-9-21)30(37-25)22-12-16-24(34-2)17-13-22/h5-17,25-26H,18-19H2,1-4H3/t25-,26-/m1/s1. The molecule has 1 aliphatic heterocycles. The molecule has 0 amide bonds. The van der Waals surface area contributed by atoms with Gasteiger partial charge >= 0.3 is 11.9 Å². The van der Waals surface area contributed by atoms with Crippen molar-refractivity contribution in [2.75, 3.05) is 33.5 Å². The van der Waals surface area contributed by atoms with Crippen molar-refractivity contribution in [3.05, 3.63) is 90.0 Å². The van der Waals surface area contributed by atoms with E-state index in [1.165, 1.54) is 14.2 Å². The van der Waals surface area contributed by atoms with Crippen molar-refractivity contribution in [1.82, 2.24) is 0 Å². The third kappa shape index (κ3) is 4.97. The number of ether oxygens (including phenoxy) is 4. The van der Waals surface area contributed by atoms with Crippen LogP contribution in [0.3, 0.4) is 0 Å². The summed E-state index contributed by atoms with van der Waals surface area (Å²) in [7, 11) is 5.75. The molecule has 0 unspecified atom stereocenters. The molecule has 1 saturated heterocycles. The third-order valence-corrected chi connectivity index (χ3v) is 6.77. The zero-order valence-corrected chi connectivity index (χ0v) is 21.4. The lowest BCUT2D eigenvalue weighted by molar-refractivity contribution is -0.172. The highest BCUT2D eigenvalue weighted by Gasteiger charge is 2.59. The zero-order valence-electron chi connectivity index (χ0n) is 21.4. The molecule has 0 aromatic heterocycles. The summed E-state index contributed by atoms with van der Waals surface area (Å²) < 4.78 is 21.2. The van der Waals surface area contributed by atoms with Gasteiger partial charge in [-0.3, -0.25) is 14.4 Å². The Morgan fingerprint density at radius 2 is 1.30 bits per heavy atom. The first kappa shape index (κ1) is 26.0. The topological polar surface area (TPSA) is 83.5 Å². The predicted octanol–water partition coefficient (Wildman–Crippen LogP) is 5.05. The quantitative estimate of drug-likeness (QED) is 0.326. The average molecular weight is 506 g/mol. The van der Waals surface area contributed by atoms with Gasteiger partial charge < -0.3 is 18.9 Å². The third-order valence-electron chi connectivity index (χ3n) is 6.77. The van der Waals surface area contributed by atoms with Crippen LogP contribution in [-0.4, -0.2) is 40.4 Å². The van der Waals surface area contributed by atoms with E-state index in [4.69, 9.17) is 23.8 Å². The van der Waals surface area contributed by atoms with Crippen LogP contribution in [0.5, 0.6) is 11.5 Å². The van der Waals surface area contributed by atoms with E-state index in [0.717, 1.165) is 5.56 Å². The van der Waals surface area contributed by atoms with Crippen LogP contribution in [0.25, 0.3) is 0 Å². The summed E-state index contributed by atoms with van der Waals surface area (Å²) in [6.07, 6.45) is 0.0114. The van der Waals surface area contributed by atoms with Crippen LogP contribution in [0.15, 0.2) is 78.9 Å². The van der Waals surface area contributed by atoms with Gasteiger partial charge in [-0.2, -0.15) is 0 Å². The summed E-state index contributed by atoms with van der Waals surface area (Å²) in [6, 6.07) is 23.2. The molecule has 1 fully saturated rings. The minimum Gasteiger partial charge on any atom is -0.497 e. The van der Waals surface area contributed by atoms with Gasteiger partial charge in [0.2, 0.25) is 0 Å². The van der Waals surface area contributed by atoms with Crippen molar-refractivity contribution in [2.45, 2.75) is 25.0 Å². The molecule has 0 saturated carbocycles. The highest BCUT2D eigenvalue weighted by Crippen LogP contribution is 2.51. The van der Waals surface area contributed by atoms with E-state index in [1.54, 1.807) is 31.4 Å². The van der Waals surface area contributed by atoms with Crippen LogP contribution in [0.4, 0.5) is 5.69 Å². The molecule has 0 spiro atoms. The molecule has 1 aliphatic rings. The zero-order chi connectivity index (χ0) is 26.4. The van der Waals surface area contributed by atoms with Gasteiger partial charge in [0, 0.05) is 0 Å². The summed E-state index contributed by atoms with van der Waals surface area (Å²) in [4.78, 5) is 33.9. The van der Waals surface area contributed by atoms with Crippen LogP contribution in [-0.2, 0) is 23.9 Å². The van der Waals surface area contributed by atoms with Crippen molar-refractivity contribution in [2.24, 2.45) is 5.41 Å². The van der Waals surface area contributed by atoms with E-state index in [-0.39, 0.29) is 6.42 Å². The van der Waals surface area contributed by atoms with E-state index >= 15 is 0 Å². The Morgan fingerprint density at radius 3 is 1.81 bits per heavy atom. The van der Waals surface area contributed by atoms with Crippen LogP contribution in [0.1, 0.15) is 36.1 Å². The molecule has 8 nitrogen and oxygen atoms in total. The number of rotatable bonds is 7. The van der Waals surface area contributed by atoms with Gasteiger partial charge in [0.1, 0.15) is 23.6 Å². The molecule has 2 atom stereocenters. The highest BCUT2D eigenvalue weighted by molar-refractivity contribution is 6.01. The first-order valence-electron chi connectivity index (χ1n) is 11.9. The van der Waals surface area contributed by atoms with E-state index in [1.807, 2.05) is 66.7 Å². The maximum Gasteiger partial charge on any atom is 0.325 e. The fraction of sp³-hybridized carbons (Fsp3) is 0.310. The molecule has 3 aromatic carbocycles. The smallest absolute Gasteiger partial charge is 0.325 e. The van der Waals surface area contributed by atoms with Gasteiger partial charge in [-0.25, -0.2) is 5.06 Å². The summed E-state index contributed by atoms with van der Waals surface area (Å²) in [5.41, 5.74) is 0.500. The lowest BCUT2D eigenvalue weighted by Crippen LogP contribution is -2.51. The van der Waals surface area contributed by atoms with Gasteiger partial charge in [-0.05, 0) is 60.4 Å². The minimum absolute atomic E-state index is 0.134. The van der Waals surface area contributed by atoms with Crippen LogP contribution in [0.2, 0.25) is 0 Å². The maximum atomic E-state index is 13.6. The number of methoxy groups -OCH3 is 4. The largest absolute Gasteiger partial charge is 0.497 e. The molecule has 0 N–H and O–H groups in total. The normalized spacial score (nSPS) is 18.9. The van der Waals surface area contributed by atoms with Crippen LogP contribution < -0.4 is 14.5 Å². The molecule has 37 heavy (non-hydrogen) atoms. The van der Waals surface area contributed by atoms with Gasteiger partial charge in [0.15, 0.2) is 5.41 Å². The monoisotopic (exact) mass is 505 g/mol. The van der Waals surface area contributed by atoms with Crippen molar-refractivity contribution in [3.63, 3.8) is 0 Å². The molecule has 0 bridgehead atoms. The van der Waals surface area contributed by atoms with E-state index in [2.05, 4.69) is 0 Å². The Balaban J connectivity index is 1.94. The minimum atomic E-state index is -1.70. The van der Waals surface area contributed by atoms with Crippen molar-refractivity contribution in [1.29, 1.82) is 0 Å². The van der Waals surface area contributed by atoms with Gasteiger partial charge in [0.05, 0.1) is 34.1 Å². The molecule has 1 heterocycles. The van der Waals surface area contributed by atoms with Crippen molar-refractivity contribution in [3.8, 4) is 11.5 Å². The first-order chi connectivity index (χ1) is 18.0. The SMILES string of the molecule is COC(=O)C1(C(=O)OC)CC[C@H](c2ccc(OC)cc2)ON(c2ccc(OC)cc2)[C@@H]1c1ccccc1. The number of esters is 2. The maximum absolute atomic E-state index is 13.6. The van der Waals surface area contributed by atoms with Crippen molar-refractivity contribution >= 4 is 17.6 Å². The second-order valence-corrected chi connectivity index (χ2v) is 8.70. The molecular formula is C29H31NO7. The Bertz CT molecular complexity index is 1180. The van der Waals surface area contributed by atoms with E-state index < -0.39 is 29.5 Å². The highest BCUT2D eigenvalue weighted by atomic mass is 16.7. The predicted molar refractivity (Wildman–Crippen MR) is 137 cm³/mol. The number of anilines is 1. The number of hydrogen-bond donors (Lipinski definition) is 0. The average Bonchev–Trinajstić information content (AvgIpc) is 3.15. The summed E-state index contributed by atoms with van der Waals surface area (Å²) in [5.74, 6) is -0.00450. The lowest BCUT2D eigenvalue weighted by atomic mass is 9.72. The Kier molecular flexibility index (Phi) is 7.98. The van der Waals surface area contributed by atoms with Gasteiger partial charge in [-0.15, -0.1) is 0 Å². The molecular weight excluding hydrogens is 474 g/mol. The van der Waals surface area contributed by atoms with E-state index in [0.29, 0.717) is 29.2 Å². The Labute approximate surface area is 216 Å². The van der Waals surface area contributed by atoms with Crippen LogP contribution in [0, 0.1) is 5.41 Å². The molecule has 194 valence electrons. The molecule has 8 heteroatoms. The number of hydroxylamine groups is 1. The number of carbonyl (C=O) groups excluding carboxylic acids is 2. The fourth-order valence-electron chi connectivity index (χ4n) is 4.86. The second kappa shape index (κ2) is 11.3. The number of nitrogens with zero attached hydrogens (tertiary/aromatic N) is 1. The molecule has 0 aliphatic carbocycles. The number of carbonyl (C=O) groups is 2. The molecule has 3 aromatic rings. The number of hydrogen-bond acceptors (Lipinski definition) is 8. The summed E-state index contributed by atoms with van der Waals surface area (Å²) >= 11 is 0. The first-order valence-corrected chi connectivity index (χ1v) is 11.9. The Morgan fingerprint density at radius 1 is 0.757 bits per heavy atom. The number of benzene rings is 3. The Hall–Kier alpha value is -4.04. The second-order valence-electron chi connectivity index (χ2n) is 8.70. The summed E-state index contributed by atoms with van der Waals surface area (Å²) in [5, 5.41) is 1.63. The van der Waals surface area contributed by atoms with Crippen LogP contribution >= 0.6 is 0 Å². The lowest BCUT2D eigenvalue weighted by Gasteiger charge is -2.40. The van der Waals surface area contributed by atoms with Gasteiger partial charge in [-0.1, -0.05) is 42.5 Å². The fourth-order valence-corrected chi connectivity index (χ4v) is 4.86. The van der Waals surface area contributed by atoms with Gasteiger partial charge in [0.25, 0.3) is 0 Å². The summed E-state index contributed by atoms with van der Waals surface area (Å²) in [6.45, 7) is 0.